The second-order valence-corrected chi connectivity index (χ2v) is 8.28. The summed E-state index contributed by atoms with van der Waals surface area (Å²) in [6.45, 7) is 5.37. The molecule has 0 bridgehead atoms. The highest BCUT2D eigenvalue weighted by Gasteiger charge is 2.29. The summed E-state index contributed by atoms with van der Waals surface area (Å²) in [5.74, 6) is 0.675. The molecule has 0 spiro atoms. The van der Waals surface area contributed by atoms with Gasteiger partial charge in [-0.2, -0.15) is 0 Å². The fraction of sp³-hybridized carbons (Fsp3) is 0.364. The number of benzene rings is 2. The van der Waals surface area contributed by atoms with E-state index in [1.54, 1.807) is 0 Å². The van der Waals surface area contributed by atoms with Crippen LogP contribution in [0.25, 0.3) is 10.2 Å². The third-order valence-corrected chi connectivity index (χ3v) is 6.56. The minimum Gasteiger partial charge on any atom is -0.327 e. The Bertz CT molecular complexity index is 875. The number of fused-ring (bicyclic) bond motifs is 1. The minimum absolute atomic E-state index is 0.212. The summed E-state index contributed by atoms with van der Waals surface area (Å²) in [7, 11) is 0. The number of hydrogen-bond donors (Lipinski definition) is 1. The Balaban J connectivity index is 1.44. The maximum Gasteiger partial charge on any atom is 0.282 e. The lowest BCUT2D eigenvalue weighted by Crippen LogP contribution is -3.14. The summed E-state index contributed by atoms with van der Waals surface area (Å²) in [6.07, 6.45) is 2.33. The van der Waals surface area contributed by atoms with E-state index in [2.05, 4.69) is 18.2 Å². The van der Waals surface area contributed by atoms with E-state index in [4.69, 9.17) is 4.98 Å². The van der Waals surface area contributed by atoms with E-state index >= 15 is 0 Å². The molecule has 1 saturated heterocycles. The molecule has 2 aromatic carbocycles. The largest absolute Gasteiger partial charge is 0.327 e. The van der Waals surface area contributed by atoms with Crippen LogP contribution in [-0.4, -0.2) is 37.1 Å². The molecule has 5 heteroatoms. The summed E-state index contributed by atoms with van der Waals surface area (Å²) in [6, 6.07) is 18.3. The number of anilines is 1. The van der Waals surface area contributed by atoms with Gasteiger partial charge in [0.2, 0.25) is 0 Å². The van der Waals surface area contributed by atoms with Gasteiger partial charge in [0.25, 0.3) is 5.91 Å². The second kappa shape index (κ2) is 8.19. The second-order valence-electron chi connectivity index (χ2n) is 7.21. The molecule has 2 atom stereocenters. The van der Waals surface area contributed by atoms with E-state index in [1.807, 2.05) is 59.6 Å². The average molecular weight is 381 g/mol. The first-order valence-corrected chi connectivity index (χ1v) is 10.6. The van der Waals surface area contributed by atoms with Crippen molar-refractivity contribution < 1.29 is 9.69 Å². The van der Waals surface area contributed by atoms with Gasteiger partial charge < -0.3 is 9.80 Å². The van der Waals surface area contributed by atoms with E-state index < -0.39 is 0 Å². The first kappa shape index (κ1) is 18.1. The SMILES string of the molecule is CCN(C(=O)C[NH+]1CCC[C@H](c2nc3ccccc3s2)C1)c1ccccc1. The molecule has 0 radical (unpaired) electrons. The molecule has 27 heavy (non-hydrogen) atoms. The van der Waals surface area contributed by atoms with Gasteiger partial charge in [0, 0.05) is 12.2 Å². The van der Waals surface area contributed by atoms with Gasteiger partial charge in [-0.3, -0.25) is 4.79 Å². The molecule has 1 N–H and O–H groups in total. The van der Waals surface area contributed by atoms with Crippen molar-refractivity contribution in [1.82, 2.24) is 4.98 Å². The molecule has 0 aliphatic carbocycles. The average Bonchev–Trinajstić information content (AvgIpc) is 3.14. The molecule has 1 aliphatic heterocycles. The number of nitrogens with one attached hydrogen (secondary N) is 1. The number of carbonyl (C=O) groups is 1. The summed E-state index contributed by atoms with van der Waals surface area (Å²) >= 11 is 1.81. The molecule has 140 valence electrons. The fourth-order valence-electron chi connectivity index (χ4n) is 4.01. The molecule has 4 rings (SSSR count). The first-order chi connectivity index (χ1) is 13.2. The van der Waals surface area contributed by atoms with Gasteiger partial charge in [0.05, 0.1) is 29.2 Å². The molecular weight excluding hydrogens is 354 g/mol. The van der Waals surface area contributed by atoms with Gasteiger partial charge >= 0.3 is 0 Å². The lowest BCUT2D eigenvalue weighted by molar-refractivity contribution is -0.898. The highest BCUT2D eigenvalue weighted by molar-refractivity contribution is 7.18. The number of thiazole rings is 1. The standard InChI is InChI=1S/C22H25N3OS/c1-2-25(18-10-4-3-5-11-18)21(26)16-24-14-8-9-17(15-24)22-23-19-12-6-7-13-20(19)27-22/h3-7,10-13,17H,2,8-9,14-16H2,1H3/p+1/t17-/m0/s1. The number of carbonyl (C=O) groups excluding carboxylic acids is 1. The molecule has 1 aliphatic rings. The van der Waals surface area contributed by atoms with Crippen LogP contribution in [0, 0.1) is 0 Å². The zero-order valence-corrected chi connectivity index (χ0v) is 16.5. The van der Waals surface area contributed by atoms with Crippen LogP contribution in [0.5, 0.6) is 0 Å². The van der Waals surface area contributed by atoms with Crippen LogP contribution in [0.3, 0.4) is 0 Å². The number of amides is 1. The molecule has 2 heterocycles. The number of likely N-dealkylation sites (tertiary alicyclic amines) is 1. The molecule has 4 nitrogen and oxygen atoms in total. The third-order valence-electron chi connectivity index (χ3n) is 5.36. The van der Waals surface area contributed by atoms with E-state index in [0.717, 1.165) is 30.7 Å². The number of likely N-dealkylation sites (N-methyl/N-ethyl adjacent to an activating group) is 1. The molecule has 1 fully saturated rings. The monoisotopic (exact) mass is 380 g/mol. The number of aromatic nitrogens is 1. The smallest absolute Gasteiger partial charge is 0.282 e. The quantitative estimate of drug-likeness (QED) is 0.739. The van der Waals surface area contributed by atoms with E-state index in [0.29, 0.717) is 19.0 Å². The molecular formula is C22H26N3OS+. The van der Waals surface area contributed by atoms with Gasteiger partial charge in [-0.15, -0.1) is 11.3 Å². The van der Waals surface area contributed by atoms with Gasteiger partial charge in [0.15, 0.2) is 6.54 Å². The third kappa shape index (κ3) is 4.04. The Labute approximate surface area is 164 Å². The van der Waals surface area contributed by atoms with Crippen LogP contribution in [0.15, 0.2) is 54.6 Å². The van der Waals surface area contributed by atoms with Crippen LogP contribution in [-0.2, 0) is 4.79 Å². The Morgan fingerprint density at radius 2 is 1.96 bits per heavy atom. The summed E-state index contributed by atoms with van der Waals surface area (Å²) in [4.78, 5) is 21.1. The van der Waals surface area contributed by atoms with E-state index in [-0.39, 0.29) is 5.91 Å². The Morgan fingerprint density at radius 1 is 1.19 bits per heavy atom. The van der Waals surface area contributed by atoms with Crippen molar-refractivity contribution in [2.75, 3.05) is 31.1 Å². The van der Waals surface area contributed by atoms with Crippen molar-refractivity contribution in [3.8, 4) is 0 Å². The van der Waals surface area contributed by atoms with Crippen molar-refractivity contribution in [1.29, 1.82) is 0 Å². The summed E-state index contributed by atoms with van der Waals surface area (Å²) < 4.78 is 1.26. The maximum atomic E-state index is 12.9. The molecule has 1 aromatic heterocycles. The van der Waals surface area contributed by atoms with Crippen LogP contribution in [0.2, 0.25) is 0 Å². The van der Waals surface area contributed by atoms with E-state index in [1.165, 1.54) is 21.0 Å². The molecule has 1 unspecified atom stereocenters. The number of piperidine rings is 1. The molecule has 3 aromatic rings. The van der Waals surface area contributed by atoms with E-state index in [9.17, 15) is 4.79 Å². The lowest BCUT2D eigenvalue weighted by atomic mass is 9.98. The highest BCUT2D eigenvalue weighted by Crippen LogP contribution is 2.30. The van der Waals surface area contributed by atoms with Crippen LogP contribution in [0.4, 0.5) is 5.69 Å². The Hall–Kier alpha value is -2.24. The van der Waals surface area contributed by atoms with Crippen molar-refractivity contribution in [2.24, 2.45) is 0 Å². The van der Waals surface area contributed by atoms with Crippen LogP contribution >= 0.6 is 11.3 Å². The maximum absolute atomic E-state index is 12.9. The normalized spacial score (nSPS) is 19.9. The number of rotatable bonds is 5. The lowest BCUT2D eigenvalue weighted by Gasteiger charge is -2.30. The summed E-state index contributed by atoms with van der Waals surface area (Å²) in [5.41, 5.74) is 2.09. The topological polar surface area (TPSA) is 37.6 Å². The van der Waals surface area contributed by atoms with Crippen molar-refractivity contribution in [2.45, 2.75) is 25.7 Å². The first-order valence-electron chi connectivity index (χ1n) is 9.79. The Morgan fingerprint density at radius 3 is 2.74 bits per heavy atom. The van der Waals surface area contributed by atoms with Gasteiger partial charge in [-0.1, -0.05) is 30.3 Å². The molecule has 0 saturated carbocycles. The number of quaternary nitrogens is 1. The van der Waals surface area contributed by atoms with Gasteiger partial charge in [0.1, 0.15) is 5.01 Å². The van der Waals surface area contributed by atoms with Gasteiger partial charge in [-0.05, 0) is 44.0 Å². The predicted molar refractivity (Wildman–Crippen MR) is 112 cm³/mol. The zero-order valence-electron chi connectivity index (χ0n) is 15.7. The van der Waals surface area contributed by atoms with Crippen molar-refractivity contribution >= 4 is 33.1 Å². The minimum atomic E-state index is 0.212. The zero-order chi connectivity index (χ0) is 18.6. The van der Waals surface area contributed by atoms with Crippen molar-refractivity contribution in [3.63, 3.8) is 0 Å². The van der Waals surface area contributed by atoms with Crippen molar-refractivity contribution in [3.05, 3.63) is 59.6 Å². The van der Waals surface area contributed by atoms with Crippen LogP contribution < -0.4 is 9.80 Å². The van der Waals surface area contributed by atoms with Gasteiger partial charge in [-0.25, -0.2) is 4.98 Å². The number of nitrogens with zero attached hydrogens (tertiary/aromatic N) is 2. The highest BCUT2D eigenvalue weighted by atomic mass is 32.1. The predicted octanol–water partition coefficient (Wildman–Crippen LogP) is 3.11. The Kier molecular flexibility index (Phi) is 5.50. The van der Waals surface area contributed by atoms with Crippen LogP contribution in [0.1, 0.15) is 30.7 Å². The molecule has 1 amide bonds. The number of para-hydroxylation sites is 2. The summed E-state index contributed by atoms with van der Waals surface area (Å²) in [5, 5.41) is 1.23. The number of hydrogen-bond acceptors (Lipinski definition) is 3. The fourth-order valence-corrected chi connectivity index (χ4v) is 5.11.